The van der Waals surface area contributed by atoms with Crippen LogP contribution in [-0.4, -0.2) is 57.3 Å². The van der Waals surface area contributed by atoms with Crippen LogP contribution in [0.3, 0.4) is 0 Å². The van der Waals surface area contributed by atoms with Gasteiger partial charge < -0.3 is 0 Å². The number of nitrogens with zero attached hydrogens (tertiary/aromatic N) is 4. The van der Waals surface area contributed by atoms with Crippen LogP contribution in [0.5, 0.6) is 0 Å². The van der Waals surface area contributed by atoms with Gasteiger partial charge in [0.05, 0.1) is 12.6 Å². The van der Waals surface area contributed by atoms with Gasteiger partial charge in [-0.2, -0.15) is 22.1 Å². The molecule has 11 heteroatoms. The first kappa shape index (κ1) is 17.1. The van der Waals surface area contributed by atoms with Crippen LogP contribution in [-0.2, 0) is 17.3 Å². The topological polar surface area (TPSA) is 91.3 Å². The predicted octanol–water partition coefficient (Wildman–Crippen LogP) is 0.467. The van der Waals surface area contributed by atoms with E-state index in [-0.39, 0.29) is 19.0 Å². The van der Waals surface area contributed by atoms with Crippen molar-refractivity contribution in [1.82, 2.24) is 23.4 Å². The molecule has 8 nitrogen and oxygen atoms in total. The lowest BCUT2D eigenvalue weighted by Crippen LogP contribution is -2.44. The summed E-state index contributed by atoms with van der Waals surface area (Å²) in [6.45, 7) is -0.713. The molecule has 4 rings (SSSR count). The minimum Gasteiger partial charge on any atom is -0.281 e. The molecule has 140 valence electrons. The van der Waals surface area contributed by atoms with Crippen molar-refractivity contribution in [2.45, 2.75) is 37.6 Å². The molecule has 0 bridgehead atoms. The zero-order valence-corrected chi connectivity index (χ0v) is 14.7. The van der Waals surface area contributed by atoms with Gasteiger partial charge in [-0.1, -0.05) is 0 Å². The Bertz CT molecular complexity index is 832. The van der Waals surface area contributed by atoms with E-state index in [2.05, 4.69) is 10.2 Å². The highest BCUT2D eigenvalue weighted by molar-refractivity contribution is 7.86. The normalized spacial score (nSPS) is 31.0. The molecule has 3 aliphatic rings. The lowest BCUT2D eigenvalue weighted by molar-refractivity contribution is 0.0179. The van der Waals surface area contributed by atoms with Gasteiger partial charge >= 0.3 is 5.69 Å². The Balaban J connectivity index is 1.70. The molecule has 2 saturated heterocycles. The van der Waals surface area contributed by atoms with E-state index >= 15 is 0 Å². The van der Waals surface area contributed by atoms with E-state index in [1.54, 1.807) is 0 Å². The predicted molar refractivity (Wildman–Crippen MR) is 84.2 cm³/mol. The number of hydrogen-bond acceptors (Lipinski definition) is 4. The summed E-state index contributed by atoms with van der Waals surface area (Å²) in [6, 6.07) is -0.587. The molecule has 3 fully saturated rings. The molecule has 0 spiro atoms. The highest BCUT2D eigenvalue weighted by Crippen LogP contribution is 2.51. The van der Waals surface area contributed by atoms with E-state index in [1.165, 1.54) is 15.9 Å². The van der Waals surface area contributed by atoms with Crippen LogP contribution in [0.4, 0.5) is 8.78 Å². The fourth-order valence-electron chi connectivity index (χ4n) is 4.06. The fourth-order valence-corrected chi connectivity index (χ4v) is 5.90. The number of alkyl halides is 2. The van der Waals surface area contributed by atoms with E-state index < -0.39 is 40.8 Å². The Morgan fingerprint density at radius 2 is 1.96 bits per heavy atom. The van der Waals surface area contributed by atoms with Gasteiger partial charge in [0.15, 0.2) is 5.82 Å². The quantitative estimate of drug-likeness (QED) is 0.826. The second-order valence-electron chi connectivity index (χ2n) is 7.24. The van der Waals surface area contributed by atoms with Crippen molar-refractivity contribution in [3.63, 3.8) is 0 Å². The Morgan fingerprint density at radius 1 is 1.24 bits per heavy atom. The summed E-state index contributed by atoms with van der Waals surface area (Å²) in [4.78, 5) is 11.8. The molecule has 2 unspecified atom stereocenters. The Hall–Kier alpha value is -1.33. The van der Waals surface area contributed by atoms with Crippen LogP contribution in [0.2, 0.25) is 0 Å². The number of hydrogen-bond donors (Lipinski definition) is 1. The molecule has 0 radical (unpaired) electrons. The highest BCUT2D eigenvalue weighted by atomic mass is 32.2. The molecule has 1 aromatic rings. The van der Waals surface area contributed by atoms with Gasteiger partial charge in [-0.3, -0.25) is 4.57 Å². The number of halogens is 2. The average Bonchev–Trinajstić information content (AvgIpc) is 3.04. The molecule has 2 atom stereocenters. The minimum absolute atomic E-state index is 0.0618. The SMILES string of the molecule is Cn1c(C2C(C3CC3)CCN2S(=O)(=O)N2CCC(F)(F)C2)n[nH]c1=O. The Labute approximate surface area is 144 Å². The number of nitrogens with one attached hydrogen (secondary N) is 1. The first-order valence-corrected chi connectivity index (χ1v) is 9.86. The van der Waals surface area contributed by atoms with Gasteiger partial charge in [-0.05, 0) is 31.1 Å². The Morgan fingerprint density at radius 3 is 2.48 bits per heavy atom. The van der Waals surface area contributed by atoms with Crippen molar-refractivity contribution in [3.8, 4) is 0 Å². The van der Waals surface area contributed by atoms with Gasteiger partial charge in [0.1, 0.15) is 0 Å². The maximum atomic E-state index is 13.5. The van der Waals surface area contributed by atoms with Crippen molar-refractivity contribution in [2.75, 3.05) is 19.6 Å². The van der Waals surface area contributed by atoms with E-state index in [9.17, 15) is 22.0 Å². The lowest BCUT2D eigenvalue weighted by atomic mass is 9.95. The molecular formula is C14H21F2N5O3S. The molecule has 1 N–H and O–H groups in total. The lowest BCUT2D eigenvalue weighted by Gasteiger charge is -2.30. The summed E-state index contributed by atoms with van der Waals surface area (Å²) in [7, 11) is -2.50. The van der Waals surface area contributed by atoms with Crippen LogP contribution >= 0.6 is 0 Å². The van der Waals surface area contributed by atoms with E-state index in [1.807, 2.05) is 0 Å². The maximum absolute atomic E-state index is 13.5. The zero-order chi connectivity index (χ0) is 18.0. The van der Waals surface area contributed by atoms with Crippen molar-refractivity contribution in [2.24, 2.45) is 18.9 Å². The van der Waals surface area contributed by atoms with Crippen molar-refractivity contribution >= 4 is 10.2 Å². The summed E-state index contributed by atoms with van der Waals surface area (Å²) >= 11 is 0. The van der Waals surface area contributed by atoms with Crippen LogP contribution in [0.15, 0.2) is 4.79 Å². The molecule has 1 aliphatic carbocycles. The minimum atomic E-state index is -4.04. The molecule has 1 saturated carbocycles. The third-order valence-electron chi connectivity index (χ3n) is 5.56. The summed E-state index contributed by atoms with van der Waals surface area (Å²) in [5.41, 5.74) is -0.415. The van der Waals surface area contributed by atoms with E-state index in [0.717, 1.165) is 17.1 Å². The second kappa shape index (κ2) is 5.58. The van der Waals surface area contributed by atoms with Crippen molar-refractivity contribution in [1.29, 1.82) is 0 Å². The standard InChI is InChI=1S/C14H21F2N5O3S/c1-19-12(17-18-13(19)22)11-10(9-2-3-9)4-6-21(11)25(23,24)20-7-5-14(15,16)8-20/h9-11H,2-8H2,1H3,(H,18,22). The van der Waals surface area contributed by atoms with Crippen LogP contribution in [0.25, 0.3) is 0 Å². The summed E-state index contributed by atoms with van der Waals surface area (Å²) < 4.78 is 56.5. The molecule has 1 aromatic heterocycles. The van der Waals surface area contributed by atoms with Crippen molar-refractivity contribution < 1.29 is 17.2 Å². The van der Waals surface area contributed by atoms with Gasteiger partial charge in [-0.15, -0.1) is 0 Å². The third kappa shape index (κ3) is 2.81. The summed E-state index contributed by atoms with van der Waals surface area (Å²) in [5, 5.41) is 6.38. The van der Waals surface area contributed by atoms with Gasteiger partial charge in [0.2, 0.25) is 0 Å². The van der Waals surface area contributed by atoms with Gasteiger partial charge in [0, 0.05) is 26.6 Å². The van der Waals surface area contributed by atoms with Crippen LogP contribution < -0.4 is 5.69 Å². The van der Waals surface area contributed by atoms with Crippen LogP contribution in [0, 0.1) is 11.8 Å². The van der Waals surface area contributed by atoms with E-state index in [4.69, 9.17) is 0 Å². The smallest absolute Gasteiger partial charge is 0.281 e. The van der Waals surface area contributed by atoms with E-state index in [0.29, 0.717) is 18.2 Å². The monoisotopic (exact) mass is 377 g/mol. The van der Waals surface area contributed by atoms with Crippen LogP contribution in [0.1, 0.15) is 37.5 Å². The molecule has 3 heterocycles. The molecule has 2 aliphatic heterocycles. The average molecular weight is 377 g/mol. The maximum Gasteiger partial charge on any atom is 0.343 e. The largest absolute Gasteiger partial charge is 0.343 e. The summed E-state index contributed by atoms with van der Waals surface area (Å²) in [6.07, 6.45) is 2.24. The fraction of sp³-hybridized carbons (Fsp3) is 0.857. The van der Waals surface area contributed by atoms with Gasteiger partial charge in [0.25, 0.3) is 16.1 Å². The highest BCUT2D eigenvalue weighted by Gasteiger charge is 2.53. The first-order chi connectivity index (χ1) is 11.7. The molecule has 25 heavy (non-hydrogen) atoms. The number of aromatic nitrogens is 3. The third-order valence-corrected chi connectivity index (χ3v) is 7.53. The van der Waals surface area contributed by atoms with Crippen molar-refractivity contribution in [3.05, 3.63) is 16.3 Å². The Kier molecular flexibility index (Phi) is 3.82. The van der Waals surface area contributed by atoms with Gasteiger partial charge in [-0.25, -0.2) is 18.7 Å². The zero-order valence-electron chi connectivity index (χ0n) is 13.9. The second-order valence-corrected chi connectivity index (χ2v) is 9.12. The molecule has 0 aromatic carbocycles. The number of H-pyrrole nitrogens is 1. The number of rotatable bonds is 4. The molecule has 0 amide bonds. The first-order valence-electron chi connectivity index (χ1n) is 8.47. The summed E-state index contributed by atoms with van der Waals surface area (Å²) in [5.74, 6) is -2.17. The number of aromatic amines is 1. The molecular weight excluding hydrogens is 356 g/mol.